The first-order valence-electron chi connectivity index (χ1n) is 6.85. The Labute approximate surface area is 126 Å². The zero-order valence-electron chi connectivity index (χ0n) is 12.0. The number of hydrogen-bond donors (Lipinski definition) is 2. The molecule has 0 radical (unpaired) electrons. The van der Waals surface area contributed by atoms with Crippen molar-refractivity contribution >= 4 is 27.0 Å². The van der Waals surface area contributed by atoms with Crippen LogP contribution < -0.4 is 5.69 Å². The van der Waals surface area contributed by atoms with Gasteiger partial charge in [0.15, 0.2) is 0 Å². The van der Waals surface area contributed by atoms with Crippen LogP contribution >= 0.6 is 0 Å². The number of carbonyl (C=O) groups excluding carboxylic acids is 1. The van der Waals surface area contributed by atoms with Crippen molar-refractivity contribution in [1.82, 2.24) is 19.2 Å². The fraction of sp³-hybridized carbons (Fsp3) is 0.385. The highest BCUT2D eigenvalue weighted by molar-refractivity contribution is 7.89. The summed E-state index contributed by atoms with van der Waals surface area (Å²) in [5, 5.41) is 0. The summed E-state index contributed by atoms with van der Waals surface area (Å²) in [6, 6.07) is 4.48. The van der Waals surface area contributed by atoms with E-state index in [2.05, 4.69) is 9.97 Å². The number of rotatable bonds is 2. The van der Waals surface area contributed by atoms with Crippen molar-refractivity contribution in [3.05, 3.63) is 28.7 Å². The number of benzene rings is 1. The lowest BCUT2D eigenvalue weighted by Crippen LogP contribution is -2.49. The van der Waals surface area contributed by atoms with E-state index in [1.54, 1.807) is 11.0 Å². The Morgan fingerprint density at radius 2 is 1.73 bits per heavy atom. The molecule has 9 heteroatoms. The van der Waals surface area contributed by atoms with Gasteiger partial charge < -0.3 is 14.9 Å². The van der Waals surface area contributed by atoms with E-state index in [4.69, 9.17) is 0 Å². The minimum Gasteiger partial charge on any atom is -0.340 e. The van der Waals surface area contributed by atoms with Gasteiger partial charge in [0.05, 0.1) is 15.9 Å². The average molecular weight is 324 g/mol. The van der Waals surface area contributed by atoms with Gasteiger partial charge in [0.2, 0.25) is 15.9 Å². The van der Waals surface area contributed by atoms with E-state index in [-0.39, 0.29) is 29.6 Å². The third kappa shape index (κ3) is 2.53. The van der Waals surface area contributed by atoms with Gasteiger partial charge in [-0.15, -0.1) is 0 Å². The van der Waals surface area contributed by atoms with Crippen LogP contribution in [0.1, 0.15) is 6.92 Å². The third-order valence-electron chi connectivity index (χ3n) is 3.81. The second-order valence-corrected chi connectivity index (χ2v) is 7.13. The lowest BCUT2D eigenvalue weighted by atomic mass is 10.3. The van der Waals surface area contributed by atoms with Crippen LogP contribution in [0.25, 0.3) is 11.0 Å². The van der Waals surface area contributed by atoms with Crippen LogP contribution in [-0.4, -0.2) is 59.7 Å². The molecule has 0 unspecified atom stereocenters. The van der Waals surface area contributed by atoms with Crippen molar-refractivity contribution in [2.75, 3.05) is 26.2 Å². The average Bonchev–Trinajstić information content (AvgIpc) is 2.86. The van der Waals surface area contributed by atoms with Crippen molar-refractivity contribution < 1.29 is 13.2 Å². The van der Waals surface area contributed by atoms with E-state index in [0.717, 1.165) is 0 Å². The van der Waals surface area contributed by atoms with E-state index in [9.17, 15) is 18.0 Å². The van der Waals surface area contributed by atoms with Gasteiger partial charge in [0.25, 0.3) is 0 Å². The Bertz CT molecular complexity index is 875. The lowest BCUT2D eigenvalue weighted by Gasteiger charge is -2.33. The molecule has 0 aliphatic carbocycles. The molecular weight excluding hydrogens is 308 g/mol. The highest BCUT2D eigenvalue weighted by Gasteiger charge is 2.29. The summed E-state index contributed by atoms with van der Waals surface area (Å²) >= 11 is 0. The number of carbonyl (C=O) groups is 1. The fourth-order valence-corrected chi connectivity index (χ4v) is 4.01. The first kappa shape index (κ1) is 14.8. The molecule has 1 aliphatic rings. The van der Waals surface area contributed by atoms with Gasteiger partial charge in [0.1, 0.15) is 0 Å². The lowest BCUT2D eigenvalue weighted by molar-refractivity contribution is -0.129. The summed E-state index contributed by atoms with van der Waals surface area (Å²) in [5.41, 5.74) is 0.637. The van der Waals surface area contributed by atoms with Crippen LogP contribution in [0.3, 0.4) is 0 Å². The molecule has 0 bridgehead atoms. The van der Waals surface area contributed by atoms with Gasteiger partial charge in [-0.25, -0.2) is 13.2 Å². The summed E-state index contributed by atoms with van der Waals surface area (Å²) in [6.45, 7) is 2.78. The predicted octanol–water partition coefficient (Wildman–Crippen LogP) is -0.291. The molecule has 1 fully saturated rings. The van der Waals surface area contributed by atoms with Crippen molar-refractivity contribution in [1.29, 1.82) is 0 Å². The summed E-state index contributed by atoms with van der Waals surface area (Å²) in [5.74, 6) is -0.0524. The Hall–Kier alpha value is -2.13. The Morgan fingerprint density at radius 1 is 1.09 bits per heavy atom. The molecule has 22 heavy (non-hydrogen) atoms. The maximum absolute atomic E-state index is 12.6. The fourth-order valence-electron chi connectivity index (χ4n) is 2.56. The number of aromatic amines is 2. The molecule has 118 valence electrons. The molecule has 2 heterocycles. The smallest absolute Gasteiger partial charge is 0.323 e. The van der Waals surface area contributed by atoms with Crippen molar-refractivity contribution in [3.63, 3.8) is 0 Å². The van der Waals surface area contributed by atoms with Crippen molar-refractivity contribution in [3.8, 4) is 0 Å². The maximum atomic E-state index is 12.6. The molecule has 0 atom stereocenters. The van der Waals surface area contributed by atoms with Crippen molar-refractivity contribution in [2.45, 2.75) is 11.8 Å². The number of hydrogen-bond acceptors (Lipinski definition) is 4. The highest BCUT2D eigenvalue weighted by Crippen LogP contribution is 2.20. The summed E-state index contributed by atoms with van der Waals surface area (Å²) in [4.78, 5) is 29.4. The van der Waals surface area contributed by atoms with Gasteiger partial charge in [-0.1, -0.05) is 0 Å². The second kappa shape index (κ2) is 5.25. The van der Waals surface area contributed by atoms with Crippen LogP contribution in [0, 0.1) is 0 Å². The number of piperazine rings is 1. The number of aromatic nitrogens is 2. The van der Waals surface area contributed by atoms with Gasteiger partial charge in [-0.3, -0.25) is 4.79 Å². The van der Waals surface area contributed by atoms with E-state index >= 15 is 0 Å². The molecule has 0 spiro atoms. The number of nitrogens with one attached hydrogen (secondary N) is 2. The molecule has 1 aromatic carbocycles. The number of sulfonamides is 1. The number of amides is 1. The predicted molar refractivity (Wildman–Crippen MR) is 79.9 cm³/mol. The zero-order valence-corrected chi connectivity index (χ0v) is 12.8. The Balaban J connectivity index is 1.88. The van der Waals surface area contributed by atoms with Gasteiger partial charge >= 0.3 is 5.69 Å². The first-order chi connectivity index (χ1) is 10.4. The second-order valence-electron chi connectivity index (χ2n) is 5.20. The quantitative estimate of drug-likeness (QED) is 0.791. The molecular formula is C13H16N4O4S. The summed E-state index contributed by atoms with van der Waals surface area (Å²) in [7, 11) is -3.63. The molecule has 2 N–H and O–H groups in total. The summed E-state index contributed by atoms with van der Waals surface area (Å²) in [6.07, 6.45) is 0. The molecule has 1 saturated heterocycles. The van der Waals surface area contributed by atoms with E-state index in [1.165, 1.54) is 23.4 Å². The Kier molecular flexibility index (Phi) is 3.53. The molecule has 1 amide bonds. The molecule has 1 aliphatic heterocycles. The van der Waals surface area contributed by atoms with Gasteiger partial charge in [-0.2, -0.15) is 4.31 Å². The monoisotopic (exact) mass is 324 g/mol. The van der Waals surface area contributed by atoms with Gasteiger partial charge in [0, 0.05) is 33.1 Å². The maximum Gasteiger partial charge on any atom is 0.323 e. The van der Waals surface area contributed by atoms with E-state index < -0.39 is 10.0 Å². The number of H-pyrrole nitrogens is 2. The molecule has 8 nitrogen and oxygen atoms in total. The highest BCUT2D eigenvalue weighted by atomic mass is 32.2. The van der Waals surface area contributed by atoms with Crippen LogP contribution in [0.2, 0.25) is 0 Å². The first-order valence-corrected chi connectivity index (χ1v) is 8.29. The van der Waals surface area contributed by atoms with Crippen LogP contribution in [0.4, 0.5) is 0 Å². The SMILES string of the molecule is CC(=O)N1CCN(S(=O)(=O)c2ccc3[nH]c(=O)[nH]c3c2)CC1. The van der Waals surface area contributed by atoms with Crippen molar-refractivity contribution in [2.24, 2.45) is 0 Å². The van der Waals surface area contributed by atoms with E-state index in [1.807, 2.05) is 0 Å². The molecule has 3 rings (SSSR count). The molecule has 2 aromatic rings. The van der Waals surface area contributed by atoms with Crippen LogP contribution in [-0.2, 0) is 14.8 Å². The van der Waals surface area contributed by atoms with Crippen LogP contribution in [0.5, 0.6) is 0 Å². The molecule has 0 saturated carbocycles. The minimum atomic E-state index is -3.63. The van der Waals surface area contributed by atoms with Gasteiger partial charge in [-0.05, 0) is 18.2 Å². The number of fused-ring (bicyclic) bond motifs is 1. The summed E-state index contributed by atoms with van der Waals surface area (Å²) < 4.78 is 26.6. The minimum absolute atomic E-state index is 0.0524. The zero-order chi connectivity index (χ0) is 15.9. The van der Waals surface area contributed by atoms with E-state index in [0.29, 0.717) is 24.1 Å². The standard InChI is InChI=1S/C13H16N4O4S/c1-9(18)16-4-6-17(7-5-16)22(20,21)10-2-3-11-12(8-10)15-13(19)14-11/h2-3,8H,4-7H2,1H3,(H2,14,15,19). The topological polar surface area (TPSA) is 106 Å². The number of nitrogens with zero attached hydrogens (tertiary/aromatic N) is 2. The largest absolute Gasteiger partial charge is 0.340 e. The third-order valence-corrected chi connectivity index (χ3v) is 5.70. The normalized spacial score (nSPS) is 17.0. The number of imidazole rings is 1. The van der Waals surface area contributed by atoms with Crippen LogP contribution in [0.15, 0.2) is 27.9 Å². The molecule has 1 aromatic heterocycles. The Morgan fingerprint density at radius 3 is 2.36 bits per heavy atom.